The quantitative estimate of drug-likeness (QED) is 0.443. The van der Waals surface area contributed by atoms with Crippen molar-refractivity contribution < 1.29 is 4.74 Å². The second-order valence-electron chi connectivity index (χ2n) is 5.40. The average Bonchev–Trinajstić information content (AvgIpc) is 2.48. The zero-order chi connectivity index (χ0) is 15.2. The number of rotatable bonds is 3. The predicted molar refractivity (Wildman–Crippen MR) is 96.0 cm³/mol. The molecule has 1 aromatic rings. The van der Waals surface area contributed by atoms with Gasteiger partial charge in [0.2, 0.25) is 0 Å². The molecular formula is C16H24IN3O. The van der Waals surface area contributed by atoms with Crippen molar-refractivity contribution in [2.75, 3.05) is 33.7 Å². The highest BCUT2D eigenvalue weighted by molar-refractivity contribution is 14.1. The summed E-state index contributed by atoms with van der Waals surface area (Å²) in [5.41, 5.74) is 0. The Morgan fingerprint density at radius 3 is 2.57 bits per heavy atom. The number of para-hydroxylation sites is 1. The molecule has 0 bridgehead atoms. The maximum atomic E-state index is 6.15. The topological polar surface area (TPSA) is 28.1 Å². The van der Waals surface area contributed by atoms with Gasteiger partial charge in [0.15, 0.2) is 5.96 Å². The summed E-state index contributed by atoms with van der Waals surface area (Å²) in [6, 6.07) is 8.22. The second kappa shape index (κ2) is 7.87. The van der Waals surface area contributed by atoms with E-state index in [1.807, 2.05) is 12.1 Å². The van der Waals surface area contributed by atoms with Crippen molar-refractivity contribution in [1.29, 1.82) is 0 Å². The van der Waals surface area contributed by atoms with Crippen LogP contribution >= 0.6 is 22.6 Å². The molecule has 0 unspecified atom stereocenters. The molecule has 1 heterocycles. The summed E-state index contributed by atoms with van der Waals surface area (Å²) in [4.78, 5) is 9.06. The van der Waals surface area contributed by atoms with Crippen LogP contribution in [-0.2, 0) is 0 Å². The first-order chi connectivity index (χ1) is 10.1. The molecule has 0 aromatic heterocycles. The molecule has 0 spiro atoms. The van der Waals surface area contributed by atoms with E-state index in [2.05, 4.69) is 70.5 Å². The van der Waals surface area contributed by atoms with Gasteiger partial charge in [-0.15, -0.1) is 0 Å². The molecule has 1 aromatic carbocycles. The van der Waals surface area contributed by atoms with Gasteiger partial charge in [0.1, 0.15) is 11.9 Å². The van der Waals surface area contributed by atoms with Crippen LogP contribution in [0.2, 0.25) is 0 Å². The van der Waals surface area contributed by atoms with Gasteiger partial charge >= 0.3 is 0 Å². The zero-order valence-electron chi connectivity index (χ0n) is 13.1. The Bertz CT molecular complexity index is 482. The average molecular weight is 401 g/mol. The van der Waals surface area contributed by atoms with E-state index in [4.69, 9.17) is 4.74 Å². The lowest BCUT2D eigenvalue weighted by molar-refractivity contribution is 0.125. The van der Waals surface area contributed by atoms with Gasteiger partial charge in [0.05, 0.1) is 3.57 Å². The third-order valence-electron chi connectivity index (χ3n) is 3.55. The highest BCUT2D eigenvalue weighted by Crippen LogP contribution is 2.24. The standard InChI is InChI=1S/C16H24IN3O/c1-4-18-16(19(2)3)20-11-9-13(10-12-20)21-15-8-6-5-7-14(15)17/h5-8,13H,4,9-12H2,1-3H3. The van der Waals surface area contributed by atoms with Crippen molar-refractivity contribution in [3.05, 3.63) is 27.8 Å². The number of ether oxygens (including phenoxy) is 1. The minimum atomic E-state index is 0.308. The fourth-order valence-electron chi connectivity index (χ4n) is 2.56. The first-order valence-electron chi connectivity index (χ1n) is 7.49. The lowest BCUT2D eigenvalue weighted by atomic mass is 10.1. The van der Waals surface area contributed by atoms with E-state index in [0.717, 1.165) is 44.2 Å². The molecule has 0 aliphatic carbocycles. The molecular weight excluding hydrogens is 377 g/mol. The number of likely N-dealkylation sites (tertiary alicyclic amines) is 1. The fraction of sp³-hybridized carbons (Fsp3) is 0.562. The van der Waals surface area contributed by atoms with Gasteiger partial charge in [-0.2, -0.15) is 0 Å². The Hall–Kier alpha value is -0.980. The predicted octanol–water partition coefficient (Wildman–Crippen LogP) is 3.07. The summed E-state index contributed by atoms with van der Waals surface area (Å²) >= 11 is 2.33. The van der Waals surface area contributed by atoms with Crippen LogP contribution in [0.5, 0.6) is 5.75 Å². The van der Waals surface area contributed by atoms with Gasteiger partial charge in [-0.25, -0.2) is 0 Å². The molecule has 1 aliphatic rings. The smallest absolute Gasteiger partial charge is 0.196 e. The van der Waals surface area contributed by atoms with Gasteiger partial charge in [-0.1, -0.05) is 12.1 Å². The first kappa shape index (κ1) is 16.4. The van der Waals surface area contributed by atoms with Crippen molar-refractivity contribution in [3.8, 4) is 5.75 Å². The normalized spacial score (nSPS) is 17.0. The van der Waals surface area contributed by atoms with Gasteiger partial charge < -0.3 is 14.5 Å². The van der Waals surface area contributed by atoms with E-state index < -0.39 is 0 Å². The Labute approximate surface area is 141 Å². The number of aliphatic imine (C=N–C) groups is 1. The molecule has 1 saturated heterocycles. The van der Waals surface area contributed by atoms with E-state index in [1.54, 1.807) is 0 Å². The summed E-state index contributed by atoms with van der Waals surface area (Å²) in [5.74, 6) is 2.09. The summed E-state index contributed by atoms with van der Waals surface area (Å²) in [6.45, 7) is 4.92. The minimum absolute atomic E-state index is 0.308. The van der Waals surface area contributed by atoms with Gasteiger partial charge in [0.25, 0.3) is 0 Å². The number of halogens is 1. The molecule has 2 rings (SSSR count). The van der Waals surface area contributed by atoms with Crippen molar-refractivity contribution in [3.63, 3.8) is 0 Å². The molecule has 0 saturated carbocycles. The lowest BCUT2D eigenvalue weighted by Crippen LogP contribution is -2.47. The van der Waals surface area contributed by atoms with Gasteiger partial charge in [-0.05, 0) is 41.6 Å². The van der Waals surface area contributed by atoms with Crippen LogP contribution in [0.4, 0.5) is 0 Å². The monoisotopic (exact) mass is 401 g/mol. The van der Waals surface area contributed by atoms with Crippen LogP contribution in [0.15, 0.2) is 29.3 Å². The minimum Gasteiger partial charge on any atom is -0.489 e. The molecule has 0 amide bonds. The molecule has 0 atom stereocenters. The Morgan fingerprint density at radius 1 is 1.33 bits per heavy atom. The number of nitrogens with zero attached hydrogens (tertiary/aromatic N) is 3. The van der Waals surface area contributed by atoms with E-state index in [0.29, 0.717) is 6.10 Å². The molecule has 0 radical (unpaired) electrons. The zero-order valence-corrected chi connectivity index (χ0v) is 15.2. The number of benzene rings is 1. The SMILES string of the molecule is CCN=C(N(C)C)N1CCC(Oc2ccccc2I)CC1. The van der Waals surface area contributed by atoms with Crippen molar-refractivity contribution in [1.82, 2.24) is 9.80 Å². The van der Waals surface area contributed by atoms with E-state index in [1.165, 1.54) is 3.57 Å². The van der Waals surface area contributed by atoms with Crippen molar-refractivity contribution >= 4 is 28.6 Å². The number of hydrogen-bond donors (Lipinski definition) is 0. The van der Waals surface area contributed by atoms with Crippen LogP contribution < -0.4 is 4.74 Å². The Kier molecular flexibility index (Phi) is 6.14. The number of piperidine rings is 1. The lowest BCUT2D eigenvalue weighted by Gasteiger charge is -2.36. The van der Waals surface area contributed by atoms with Gasteiger partial charge in [-0.3, -0.25) is 4.99 Å². The fourth-order valence-corrected chi connectivity index (χ4v) is 3.07. The molecule has 21 heavy (non-hydrogen) atoms. The van der Waals surface area contributed by atoms with Gasteiger partial charge in [0, 0.05) is 46.6 Å². The maximum absolute atomic E-state index is 6.15. The van der Waals surface area contributed by atoms with Crippen LogP contribution in [0.1, 0.15) is 19.8 Å². The highest BCUT2D eigenvalue weighted by atomic mass is 127. The summed E-state index contributed by atoms with van der Waals surface area (Å²) in [6.07, 6.45) is 2.39. The van der Waals surface area contributed by atoms with Crippen LogP contribution in [-0.4, -0.2) is 55.6 Å². The third kappa shape index (κ3) is 4.49. The Morgan fingerprint density at radius 2 is 2.00 bits per heavy atom. The van der Waals surface area contributed by atoms with E-state index in [9.17, 15) is 0 Å². The first-order valence-corrected chi connectivity index (χ1v) is 8.57. The third-order valence-corrected chi connectivity index (χ3v) is 4.45. The largest absolute Gasteiger partial charge is 0.489 e. The molecule has 1 fully saturated rings. The molecule has 4 nitrogen and oxygen atoms in total. The van der Waals surface area contributed by atoms with Crippen LogP contribution in [0.25, 0.3) is 0 Å². The van der Waals surface area contributed by atoms with Crippen molar-refractivity contribution in [2.45, 2.75) is 25.9 Å². The summed E-state index contributed by atoms with van der Waals surface area (Å²) in [5, 5.41) is 0. The maximum Gasteiger partial charge on any atom is 0.196 e. The van der Waals surface area contributed by atoms with Crippen LogP contribution in [0.3, 0.4) is 0 Å². The molecule has 0 N–H and O–H groups in total. The second-order valence-corrected chi connectivity index (χ2v) is 6.57. The van der Waals surface area contributed by atoms with Crippen molar-refractivity contribution in [2.24, 2.45) is 4.99 Å². The Balaban J connectivity index is 1.91. The number of hydrogen-bond acceptors (Lipinski definition) is 2. The molecule has 5 heteroatoms. The number of guanidine groups is 1. The molecule has 1 aliphatic heterocycles. The molecule has 116 valence electrons. The summed E-state index contributed by atoms with van der Waals surface area (Å²) in [7, 11) is 4.12. The van der Waals surface area contributed by atoms with Crippen LogP contribution in [0, 0.1) is 3.57 Å². The van der Waals surface area contributed by atoms with E-state index >= 15 is 0 Å². The highest BCUT2D eigenvalue weighted by Gasteiger charge is 2.24. The van der Waals surface area contributed by atoms with E-state index in [-0.39, 0.29) is 0 Å². The summed E-state index contributed by atoms with van der Waals surface area (Å²) < 4.78 is 7.33.